The second kappa shape index (κ2) is 6.17. The third-order valence-corrected chi connectivity index (χ3v) is 5.09. The van der Waals surface area contributed by atoms with Gasteiger partial charge in [0.1, 0.15) is 0 Å². The lowest BCUT2D eigenvalue weighted by atomic mass is 9.94. The third-order valence-electron chi connectivity index (χ3n) is 3.29. The van der Waals surface area contributed by atoms with Crippen LogP contribution in [0.4, 0.5) is 0 Å². The molecule has 0 spiro atoms. The van der Waals surface area contributed by atoms with Crippen LogP contribution in [0.5, 0.6) is 0 Å². The van der Waals surface area contributed by atoms with Crippen molar-refractivity contribution in [3.8, 4) is 0 Å². The van der Waals surface area contributed by atoms with Crippen LogP contribution in [-0.4, -0.2) is 6.54 Å². The topological polar surface area (TPSA) is 12.0 Å². The number of hydrogen-bond acceptors (Lipinski definition) is 2. The maximum absolute atomic E-state index is 3.60. The monoisotopic (exact) mass is 371 g/mol. The van der Waals surface area contributed by atoms with E-state index in [0.717, 1.165) is 6.54 Å². The summed E-state index contributed by atoms with van der Waals surface area (Å²) in [6, 6.07) is 9.16. The Hall–Kier alpha value is -0.390. The first-order valence-electron chi connectivity index (χ1n) is 6.17. The molecule has 0 bridgehead atoms. The zero-order chi connectivity index (χ0) is 13.1. The van der Waals surface area contributed by atoms with Gasteiger partial charge >= 0.3 is 0 Å². The fourth-order valence-corrected chi connectivity index (χ4v) is 3.57. The van der Waals surface area contributed by atoms with Gasteiger partial charge in [-0.15, -0.1) is 11.3 Å². The predicted molar refractivity (Wildman–Crippen MR) is 88.5 cm³/mol. The summed E-state index contributed by atoms with van der Waals surface area (Å²) in [6.07, 6.45) is 0. The minimum atomic E-state index is 0.315. The summed E-state index contributed by atoms with van der Waals surface area (Å²) in [6.45, 7) is 7.53. The molecule has 1 nitrogen and oxygen atoms in total. The first-order valence-corrected chi connectivity index (χ1v) is 8.12. The molecule has 96 valence electrons. The summed E-state index contributed by atoms with van der Waals surface area (Å²) < 4.78 is 1.34. The maximum Gasteiger partial charge on any atom is 0.0656 e. The van der Waals surface area contributed by atoms with E-state index < -0.39 is 0 Å². The molecule has 1 N–H and O–H groups in total. The van der Waals surface area contributed by atoms with Crippen LogP contribution in [0.1, 0.15) is 35.2 Å². The minimum absolute atomic E-state index is 0.315. The van der Waals surface area contributed by atoms with Gasteiger partial charge in [-0.25, -0.2) is 0 Å². The van der Waals surface area contributed by atoms with Gasteiger partial charge in [0.25, 0.3) is 0 Å². The van der Waals surface area contributed by atoms with Crippen molar-refractivity contribution in [2.45, 2.75) is 26.8 Å². The van der Waals surface area contributed by atoms with Crippen LogP contribution in [0.15, 0.2) is 29.6 Å². The number of aryl methyl sites for hydroxylation is 1. The molecule has 3 heteroatoms. The predicted octanol–water partition coefficient (Wildman–Crippen LogP) is 4.67. The van der Waals surface area contributed by atoms with Crippen molar-refractivity contribution < 1.29 is 0 Å². The summed E-state index contributed by atoms with van der Waals surface area (Å²) in [5.74, 6) is 0. The molecule has 0 amide bonds. The molecule has 0 radical (unpaired) electrons. The molecule has 0 aliphatic carbocycles. The summed E-state index contributed by atoms with van der Waals surface area (Å²) in [5.41, 5.74) is 5.52. The van der Waals surface area contributed by atoms with Crippen LogP contribution >= 0.6 is 33.9 Å². The van der Waals surface area contributed by atoms with E-state index in [1.807, 2.05) is 11.3 Å². The summed E-state index contributed by atoms with van der Waals surface area (Å²) >= 11 is 4.20. The van der Waals surface area contributed by atoms with E-state index in [9.17, 15) is 0 Å². The van der Waals surface area contributed by atoms with Gasteiger partial charge in [0.15, 0.2) is 0 Å². The van der Waals surface area contributed by atoms with Crippen LogP contribution in [-0.2, 0) is 0 Å². The van der Waals surface area contributed by atoms with E-state index in [1.165, 1.54) is 25.1 Å². The van der Waals surface area contributed by atoms with Crippen LogP contribution in [0, 0.1) is 16.7 Å². The number of rotatable bonds is 4. The number of benzene rings is 1. The van der Waals surface area contributed by atoms with Crippen LogP contribution in [0.2, 0.25) is 0 Å². The Labute approximate surface area is 127 Å². The Morgan fingerprint density at radius 1 is 1.33 bits per heavy atom. The SMILES string of the molecule is CCNC(c1csc(I)c1)c1cccc(C)c1C. The average Bonchev–Trinajstić information content (AvgIpc) is 2.77. The number of thiophene rings is 1. The smallest absolute Gasteiger partial charge is 0.0656 e. The van der Waals surface area contributed by atoms with Crippen molar-refractivity contribution in [2.75, 3.05) is 6.54 Å². The lowest BCUT2D eigenvalue weighted by Gasteiger charge is -2.20. The molecule has 1 aromatic carbocycles. The van der Waals surface area contributed by atoms with Crippen molar-refractivity contribution in [1.29, 1.82) is 0 Å². The van der Waals surface area contributed by atoms with E-state index in [2.05, 4.69) is 78.3 Å². The largest absolute Gasteiger partial charge is 0.306 e. The fraction of sp³-hybridized carbons (Fsp3) is 0.333. The summed E-state index contributed by atoms with van der Waals surface area (Å²) in [5, 5.41) is 5.86. The highest BCUT2D eigenvalue weighted by molar-refractivity contribution is 14.1. The Balaban J connectivity index is 2.44. The van der Waals surface area contributed by atoms with Gasteiger partial charge < -0.3 is 5.32 Å². The molecule has 1 heterocycles. The van der Waals surface area contributed by atoms with Crippen molar-refractivity contribution in [3.63, 3.8) is 0 Å². The molecule has 18 heavy (non-hydrogen) atoms. The van der Waals surface area contributed by atoms with E-state index >= 15 is 0 Å². The number of nitrogens with one attached hydrogen (secondary N) is 1. The Bertz CT molecular complexity index is 533. The van der Waals surface area contributed by atoms with Gasteiger partial charge in [0.05, 0.1) is 8.93 Å². The molecule has 1 unspecified atom stereocenters. The van der Waals surface area contributed by atoms with E-state index in [1.54, 1.807) is 0 Å². The summed E-state index contributed by atoms with van der Waals surface area (Å²) in [7, 11) is 0. The fourth-order valence-electron chi connectivity index (χ4n) is 2.17. The van der Waals surface area contributed by atoms with E-state index in [4.69, 9.17) is 0 Å². The lowest BCUT2D eigenvalue weighted by molar-refractivity contribution is 0.629. The molecular weight excluding hydrogens is 353 g/mol. The first kappa shape index (κ1) is 14.0. The molecule has 0 aliphatic rings. The molecule has 0 saturated heterocycles. The van der Waals surface area contributed by atoms with E-state index in [0.29, 0.717) is 6.04 Å². The minimum Gasteiger partial charge on any atom is -0.306 e. The Kier molecular flexibility index (Phi) is 4.81. The number of hydrogen-bond donors (Lipinski definition) is 1. The maximum atomic E-state index is 3.60. The highest BCUT2D eigenvalue weighted by atomic mass is 127. The van der Waals surface area contributed by atoms with Crippen molar-refractivity contribution in [2.24, 2.45) is 0 Å². The lowest BCUT2D eigenvalue weighted by Crippen LogP contribution is -2.22. The van der Waals surface area contributed by atoms with Crippen molar-refractivity contribution >= 4 is 33.9 Å². The standard InChI is InChI=1S/C15H18INS/c1-4-17-15(12-8-14(16)18-9-12)13-7-5-6-10(2)11(13)3/h5-9,15,17H,4H2,1-3H3. The zero-order valence-corrected chi connectivity index (χ0v) is 13.9. The molecular formula is C15H18INS. The van der Waals surface area contributed by atoms with Gasteiger partial charge in [-0.2, -0.15) is 0 Å². The Morgan fingerprint density at radius 2 is 2.11 bits per heavy atom. The second-order valence-corrected chi connectivity index (χ2v) is 7.27. The third kappa shape index (κ3) is 2.95. The van der Waals surface area contributed by atoms with Gasteiger partial charge in [-0.3, -0.25) is 0 Å². The zero-order valence-electron chi connectivity index (χ0n) is 11.0. The normalized spacial score (nSPS) is 12.7. The first-order chi connectivity index (χ1) is 8.63. The highest BCUT2D eigenvalue weighted by Gasteiger charge is 2.16. The van der Waals surface area contributed by atoms with Crippen LogP contribution in [0.3, 0.4) is 0 Å². The highest BCUT2D eigenvalue weighted by Crippen LogP contribution is 2.30. The molecule has 1 atom stereocenters. The van der Waals surface area contributed by atoms with Gasteiger partial charge in [-0.05, 0) is 76.7 Å². The van der Waals surface area contributed by atoms with E-state index in [-0.39, 0.29) is 0 Å². The van der Waals surface area contributed by atoms with Gasteiger partial charge in [-0.1, -0.05) is 25.1 Å². The molecule has 0 aliphatic heterocycles. The van der Waals surface area contributed by atoms with Crippen LogP contribution < -0.4 is 5.32 Å². The Morgan fingerprint density at radius 3 is 2.72 bits per heavy atom. The van der Waals surface area contributed by atoms with Crippen molar-refractivity contribution in [3.05, 3.63) is 54.8 Å². The van der Waals surface area contributed by atoms with Gasteiger partial charge in [0, 0.05) is 0 Å². The second-order valence-electron chi connectivity index (χ2n) is 4.46. The van der Waals surface area contributed by atoms with Gasteiger partial charge in [0.2, 0.25) is 0 Å². The average molecular weight is 371 g/mol. The molecule has 2 aromatic rings. The van der Waals surface area contributed by atoms with Crippen LogP contribution in [0.25, 0.3) is 0 Å². The molecule has 2 rings (SSSR count). The quantitative estimate of drug-likeness (QED) is 0.771. The molecule has 0 saturated carbocycles. The number of halogens is 1. The van der Waals surface area contributed by atoms with Crippen molar-refractivity contribution in [1.82, 2.24) is 5.32 Å². The summed E-state index contributed by atoms with van der Waals surface area (Å²) in [4.78, 5) is 0. The molecule has 1 aromatic heterocycles. The molecule has 0 fully saturated rings.